The van der Waals surface area contributed by atoms with Crippen LogP contribution < -0.4 is 10.2 Å². The minimum absolute atomic E-state index is 0. The molecule has 1 fully saturated rings. The summed E-state index contributed by atoms with van der Waals surface area (Å²) in [5.41, 5.74) is 2.50. The van der Waals surface area contributed by atoms with Gasteiger partial charge in [-0.25, -0.2) is 4.98 Å². The fraction of sp³-hybridized carbons (Fsp3) is 0.643. The summed E-state index contributed by atoms with van der Waals surface area (Å²) in [6.07, 6.45) is 3.05. The van der Waals surface area contributed by atoms with Gasteiger partial charge in [-0.15, -0.1) is 24.8 Å². The molecule has 0 aliphatic carbocycles. The highest BCUT2D eigenvalue weighted by molar-refractivity contribution is 6.33. The molecule has 1 saturated heterocycles. The molecule has 1 aromatic heterocycles. The molecule has 0 spiro atoms. The van der Waals surface area contributed by atoms with Crippen molar-refractivity contribution >= 4 is 42.2 Å². The van der Waals surface area contributed by atoms with E-state index >= 15 is 0 Å². The second kappa shape index (κ2) is 9.01. The van der Waals surface area contributed by atoms with Crippen molar-refractivity contribution in [1.82, 2.24) is 10.3 Å². The second-order valence-electron chi connectivity index (χ2n) is 5.10. The van der Waals surface area contributed by atoms with Crippen LogP contribution in [0.25, 0.3) is 0 Å². The van der Waals surface area contributed by atoms with Gasteiger partial charge in [0.15, 0.2) is 0 Å². The van der Waals surface area contributed by atoms with E-state index in [0.29, 0.717) is 0 Å². The van der Waals surface area contributed by atoms with Crippen LogP contribution in [0.15, 0.2) is 6.07 Å². The minimum Gasteiger partial charge on any atom is -0.380 e. The molecule has 3 rings (SSSR count). The van der Waals surface area contributed by atoms with Gasteiger partial charge in [0.25, 0.3) is 0 Å². The average molecular weight is 355 g/mol. The van der Waals surface area contributed by atoms with E-state index in [1.54, 1.807) is 0 Å². The summed E-state index contributed by atoms with van der Waals surface area (Å²) >= 11 is 6.44. The lowest BCUT2D eigenvalue weighted by molar-refractivity contribution is 0.152. The van der Waals surface area contributed by atoms with E-state index in [4.69, 9.17) is 21.3 Å². The molecule has 0 saturated carbocycles. The van der Waals surface area contributed by atoms with E-state index in [-0.39, 0.29) is 24.8 Å². The smallest absolute Gasteiger partial charge is 0.147 e. The fourth-order valence-electron chi connectivity index (χ4n) is 2.72. The molecular formula is C14H22Cl3N3O. The van der Waals surface area contributed by atoms with Gasteiger partial charge in [0.05, 0.1) is 11.6 Å². The molecule has 1 aromatic rings. The van der Waals surface area contributed by atoms with E-state index in [1.807, 2.05) is 0 Å². The van der Waals surface area contributed by atoms with Crippen LogP contribution in [-0.2, 0) is 17.6 Å². The summed E-state index contributed by atoms with van der Waals surface area (Å²) < 4.78 is 5.50. The van der Waals surface area contributed by atoms with Crippen molar-refractivity contribution in [2.75, 3.05) is 44.3 Å². The zero-order chi connectivity index (χ0) is 13.1. The van der Waals surface area contributed by atoms with E-state index < -0.39 is 0 Å². The Bertz CT molecular complexity index is 451. The molecular weight excluding hydrogens is 333 g/mol. The van der Waals surface area contributed by atoms with Gasteiger partial charge in [-0.3, -0.25) is 0 Å². The van der Waals surface area contributed by atoms with Crippen molar-refractivity contribution < 1.29 is 4.74 Å². The van der Waals surface area contributed by atoms with Gasteiger partial charge in [0, 0.05) is 38.4 Å². The largest absolute Gasteiger partial charge is 0.380 e. The zero-order valence-electron chi connectivity index (χ0n) is 11.9. The number of hydrogen-bond donors (Lipinski definition) is 1. The van der Waals surface area contributed by atoms with E-state index in [2.05, 4.69) is 16.3 Å². The third-order valence-corrected chi connectivity index (χ3v) is 4.04. The zero-order valence-corrected chi connectivity index (χ0v) is 14.3. The molecule has 7 heteroatoms. The highest BCUT2D eigenvalue weighted by Gasteiger charge is 2.18. The average Bonchev–Trinajstić information content (AvgIpc) is 2.79. The molecule has 1 N–H and O–H groups in total. The Hall–Kier alpha value is -0.260. The Morgan fingerprint density at radius 1 is 1.14 bits per heavy atom. The van der Waals surface area contributed by atoms with Gasteiger partial charge in [-0.2, -0.15) is 0 Å². The monoisotopic (exact) mass is 353 g/mol. The number of fused-ring (bicyclic) bond motifs is 1. The molecule has 2 aliphatic heterocycles. The van der Waals surface area contributed by atoms with E-state index in [9.17, 15) is 0 Å². The van der Waals surface area contributed by atoms with Gasteiger partial charge in [-0.1, -0.05) is 11.6 Å². The maximum Gasteiger partial charge on any atom is 0.147 e. The number of pyridine rings is 1. The molecule has 2 aliphatic rings. The van der Waals surface area contributed by atoms with Crippen LogP contribution in [0.2, 0.25) is 5.02 Å². The van der Waals surface area contributed by atoms with Crippen molar-refractivity contribution in [2.45, 2.75) is 19.3 Å². The summed E-state index contributed by atoms with van der Waals surface area (Å²) in [5, 5.41) is 4.19. The van der Waals surface area contributed by atoms with Crippen molar-refractivity contribution in [3.63, 3.8) is 0 Å². The lowest BCUT2D eigenvalue weighted by Gasteiger charge is -2.23. The molecule has 0 bridgehead atoms. The van der Waals surface area contributed by atoms with Crippen molar-refractivity contribution in [1.29, 1.82) is 0 Å². The van der Waals surface area contributed by atoms with Gasteiger partial charge < -0.3 is 15.0 Å². The Morgan fingerprint density at radius 2 is 1.95 bits per heavy atom. The van der Waals surface area contributed by atoms with Crippen LogP contribution >= 0.6 is 36.4 Å². The third-order valence-electron chi connectivity index (χ3n) is 3.76. The van der Waals surface area contributed by atoms with Crippen LogP contribution in [0, 0.1) is 0 Å². The van der Waals surface area contributed by atoms with Gasteiger partial charge in [0.2, 0.25) is 0 Å². The molecule has 120 valence electrons. The van der Waals surface area contributed by atoms with Crippen molar-refractivity contribution in [3.8, 4) is 0 Å². The maximum atomic E-state index is 6.44. The molecule has 21 heavy (non-hydrogen) atoms. The van der Waals surface area contributed by atoms with Crippen LogP contribution in [-0.4, -0.2) is 44.4 Å². The molecule has 0 radical (unpaired) electrons. The first-order chi connectivity index (χ1) is 9.34. The van der Waals surface area contributed by atoms with Crippen LogP contribution in [0.5, 0.6) is 0 Å². The maximum absolute atomic E-state index is 6.44. The van der Waals surface area contributed by atoms with E-state index in [0.717, 1.165) is 69.5 Å². The summed E-state index contributed by atoms with van der Waals surface area (Å²) in [7, 11) is 0. The Labute approximate surface area is 143 Å². The minimum atomic E-state index is 0. The van der Waals surface area contributed by atoms with Crippen LogP contribution in [0.3, 0.4) is 0 Å². The van der Waals surface area contributed by atoms with Crippen LogP contribution in [0.4, 0.5) is 5.82 Å². The topological polar surface area (TPSA) is 37.4 Å². The first kappa shape index (κ1) is 18.8. The third kappa shape index (κ3) is 4.60. The molecule has 0 amide bonds. The number of halogens is 3. The van der Waals surface area contributed by atoms with Crippen molar-refractivity contribution in [3.05, 3.63) is 22.3 Å². The molecule has 3 heterocycles. The normalized spacial score (nSPS) is 18.6. The van der Waals surface area contributed by atoms with E-state index in [1.165, 1.54) is 11.3 Å². The molecule has 0 aromatic carbocycles. The lowest BCUT2D eigenvalue weighted by atomic mass is 10.1. The number of hydrogen-bond acceptors (Lipinski definition) is 4. The molecule has 0 atom stereocenters. The SMILES string of the molecule is Cl.Cl.Clc1cc2c(nc1N1CCCOCC1)CCNCC2. The number of rotatable bonds is 1. The Balaban J connectivity index is 0.00000110. The fourth-order valence-corrected chi connectivity index (χ4v) is 3.01. The highest BCUT2D eigenvalue weighted by atomic mass is 35.5. The number of ether oxygens (including phenoxy) is 1. The highest BCUT2D eigenvalue weighted by Crippen LogP contribution is 2.28. The van der Waals surface area contributed by atoms with Gasteiger partial charge in [0.1, 0.15) is 5.82 Å². The first-order valence-corrected chi connectivity index (χ1v) is 7.44. The summed E-state index contributed by atoms with van der Waals surface area (Å²) in [6.45, 7) is 5.47. The van der Waals surface area contributed by atoms with Gasteiger partial charge >= 0.3 is 0 Å². The number of nitrogens with one attached hydrogen (secondary N) is 1. The Kier molecular flexibility index (Phi) is 8.06. The summed E-state index contributed by atoms with van der Waals surface area (Å²) in [4.78, 5) is 7.09. The second-order valence-corrected chi connectivity index (χ2v) is 5.51. The Morgan fingerprint density at radius 3 is 2.81 bits per heavy atom. The number of nitrogens with zero attached hydrogens (tertiary/aromatic N) is 2. The lowest BCUT2D eigenvalue weighted by Crippen LogP contribution is -2.27. The molecule has 0 unspecified atom stereocenters. The predicted octanol–water partition coefficient (Wildman–Crippen LogP) is 2.49. The van der Waals surface area contributed by atoms with Gasteiger partial charge in [-0.05, 0) is 31.0 Å². The first-order valence-electron chi connectivity index (χ1n) is 7.06. The quantitative estimate of drug-likeness (QED) is 0.841. The summed E-state index contributed by atoms with van der Waals surface area (Å²) in [5.74, 6) is 0.938. The predicted molar refractivity (Wildman–Crippen MR) is 91.7 cm³/mol. The van der Waals surface area contributed by atoms with Crippen LogP contribution in [0.1, 0.15) is 17.7 Å². The number of aromatic nitrogens is 1. The number of anilines is 1. The molecule has 4 nitrogen and oxygen atoms in total. The summed E-state index contributed by atoms with van der Waals surface area (Å²) in [6, 6.07) is 2.11. The standard InChI is InChI=1S/C14H20ClN3O.2ClH/c15-12-10-11-2-4-16-5-3-13(11)17-14(12)18-6-1-8-19-9-7-18;;/h10,16H,1-9H2;2*1H. The van der Waals surface area contributed by atoms with Crippen molar-refractivity contribution in [2.24, 2.45) is 0 Å².